The Bertz CT molecular complexity index is 2710. The predicted octanol–water partition coefficient (Wildman–Crippen LogP) is 9.05. The Morgan fingerprint density at radius 3 is 1.65 bits per heavy atom. The summed E-state index contributed by atoms with van der Waals surface area (Å²) in [6.45, 7) is 0. The number of hydrogen-bond acceptors (Lipinski definition) is 2. The highest BCUT2D eigenvalue weighted by Gasteiger charge is 2.21. The highest BCUT2D eigenvalue weighted by molar-refractivity contribution is 6.32. The summed E-state index contributed by atoms with van der Waals surface area (Å²) in [6, 6.07) is 39.5. The number of fused-ring (bicyclic) bond motifs is 15. The van der Waals surface area contributed by atoms with Crippen LogP contribution < -0.4 is 0 Å². The van der Waals surface area contributed by atoms with Gasteiger partial charge in [0.1, 0.15) is 0 Å². The maximum atomic E-state index is 4.90. The van der Waals surface area contributed by atoms with E-state index in [1.54, 1.807) is 0 Å². The van der Waals surface area contributed by atoms with E-state index in [1.807, 2.05) is 24.5 Å². The molecule has 0 spiro atoms. The molecule has 0 radical (unpaired) electrons. The molecule has 40 heavy (non-hydrogen) atoms. The zero-order valence-corrected chi connectivity index (χ0v) is 21.3. The van der Waals surface area contributed by atoms with Crippen molar-refractivity contribution in [3.05, 3.63) is 122 Å². The topological polar surface area (TPSA) is 34.6 Å². The van der Waals surface area contributed by atoms with Crippen LogP contribution in [0.3, 0.4) is 0 Å². The molecule has 0 N–H and O–H groups in total. The number of benzene rings is 5. The molecule has 0 aliphatic heterocycles. The summed E-state index contributed by atoms with van der Waals surface area (Å²) in [4.78, 5) is 9.80. The van der Waals surface area contributed by atoms with Crippen LogP contribution in [0.5, 0.6) is 0 Å². The molecule has 0 bridgehead atoms. The third kappa shape index (κ3) is 2.30. The highest BCUT2D eigenvalue weighted by Crippen LogP contribution is 2.43. The molecule has 0 amide bonds. The molecule has 0 aliphatic rings. The van der Waals surface area contributed by atoms with Crippen molar-refractivity contribution in [3.63, 3.8) is 0 Å². The predicted molar refractivity (Wildman–Crippen MR) is 166 cm³/mol. The number of nitrogens with zero attached hydrogens (tertiary/aromatic N) is 4. The smallest absolute Gasteiger partial charge is 0.0986 e. The van der Waals surface area contributed by atoms with Crippen molar-refractivity contribution in [1.82, 2.24) is 18.8 Å². The van der Waals surface area contributed by atoms with E-state index in [4.69, 9.17) is 9.97 Å². The molecular formula is C36H20N4. The molecule has 5 aromatic carbocycles. The summed E-state index contributed by atoms with van der Waals surface area (Å²) in [6.07, 6.45) is 3.75. The van der Waals surface area contributed by atoms with Gasteiger partial charge in [-0.1, -0.05) is 72.8 Å². The second-order valence-corrected chi connectivity index (χ2v) is 10.6. The Kier molecular flexibility index (Phi) is 3.65. The number of rotatable bonds is 0. The summed E-state index contributed by atoms with van der Waals surface area (Å²) in [7, 11) is 0. The van der Waals surface area contributed by atoms with Gasteiger partial charge in [0.25, 0.3) is 0 Å². The maximum Gasteiger partial charge on any atom is 0.0986 e. The Labute approximate surface area is 227 Å². The van der Waals surface area contributed by atoms with Crippen LogP contribution in [0, 0.1) is 0 Å². The van der Waals surface area contributed by atoms with Crippen LogP contribution in [-0.2, 0) is 0 Å². The molecule has 0 saturated heterocycles. The van der Waals surface area contributed by atoms with E-state index in [-0.39, 0.29) is 0 Å². The van der Waals surface area contributed by atoms with Gasteiger partial charge in [0, 0.05) is 55.5 Å². The van der Waals surface area contributed by atoms with E-state index in [1.165, 1.54) is 59.9 Å². The monoisotopic (exact) mass is 508 g/mol. The summed E-state index contributed by atoms with van der Waals surface area (Å²) >= 11 is 0. The fourth-order valence-corrected chi connectivity index (χ4v) is 7.23. The molecule has 4 nitrogen and oxygen atoms in total. The van der Waals surface area contributed by atoms with Crippen molar-refractivity contribution in [2.45, 2.75) is 0 Å². The maximum absolute atomic E-state index is 4.90. The zero-order chi connectivity index (χ0) is 25.9. The molecule has 10 rings (SSSR count). The van der Waals surface area contributed by atoms with Crippen LogP contribution >= 0.6 is 0 Å². The van der Waals surface area contributed by atoms with Gasteiger partial charge in [-0.15, -0.1) is 0 Å². The molecule has 0 unspecified atom stereocenters. The van der Waals surface area contributed by atoms with E-state index in [0.717, 1.165) is 27.3 Å². The lowest BCUT2D eigenvalue weighted by atomic mass is 9.99. The molecule has 184 valence electrons. The number of hydrogen-bond donors (Lipinski definition) is 0. The van der Waals surface area contributed by atoms with Gasteiger partial charge in [-0.25, -0.2) is 0 Å². The van der Waals surface area contributed by atoms with Gasteiger partial charge in [0.2, 0.25) is 0 Å². The van der Waals surface area contributed by atoms with E-state index < -0.39 is 0 Å². The van der Waals surface area contributed by atoms with Gasteiger partial charge in [0.05, 0.1) is 44.1 Å². The third-order valence-corrected chi connectivity index (χ3v) is 8.70. The lowest BCUT2D eigenvalue weighted by Gasteiger charge is -2.15. The first-order valence-electron chi connectivity index (χ1n) is 13.6. The Hall–Kier alpha value is -5.48. The first-order chi connectivity index (χ1) is 19.9. The molecule has 5 aromatic heterocycles. The molecule has 0 saturated carbocycles. The van der Waals surface area contributed by atoms with Crippen molar-refractivity contribution in [2.24, 2.45) is 0 Å². The third-order valence-electron chi connectivity index (χ3n) is 8.70. The normalized spacial score (nSPS) is 12.5. The minimum absolute atomic E-state index is 0.925. The Morgan fingerprint density at radius 2 is 0.875 bits per heavy atom. The van der Waals surface area contributed by atoms with E-state index in [9.17, 15) is 0 Å². The van der Waals surface area contributed by atoms with Crippen molar-refractivity contribution < 1.29 is 0 Å². The lowest BCUT2D eigenvalue weighted by molar-refractivity contribution is 1.30. The first kappa shape index (κ1) is 20.5. The largest absolute Gasteiger partial charge is 0.306 e. The molecule has 10 aromatic rings. The SMILES string of the molecule is c1cnc2c(c1)c1c3cccc4c5ccccc5n(c5cccc6c7ccccc7n(c1c1cccnc12)c65)c43. The average Bonchev–Trinajstić information content (AvgIpc) is 3.53. The van der Waals surface area contributed by atoms with Crippen molar-refractivity contribution in [3.8, 4) is 0 Å². The molecule has 0 aliphatic carbocycles. The van der Waals surface area contributed by atoms with Gasteiger partial charge in [-0.2, -0.15) is 0 Å². The Balaban J connectivity index is 1.77. The van der Waals surface area contributed by atoms with Crippen molar-refractivity contribution >= 4 is 87.2 Å². The fraction of sp³-hybridized carbons (Fsp3) is 0. The van der Waals surface area contributed by atoms with E-state index in [0.29, 0.717) is 0 Å². The van der Waals surface area contributed by atoms with Crippen LogP contribution in [0.1, 0.15) is 0 Å². The van der Waals surface area contributed by atoms with Gasteiger partial charge < -0.3 is 8.80 Å². The molecule has 5 heterocycles. The highest BCUT2D eigenvalue weighted by atomic mass is 15.0. The van der Waals surface area contributed by atoms with Crippen molar-refractivity contribution in [2.75, 3.05) is 0 Å². The van der Waals surface area contributed by atoms with E-state index in [2.05, 4.69) is 106 Å². The molecule has 0 atom stereocenters. The fourth-order valence-electron chi connectivity index (χ4n) is 7.23. The summed E-state index contributed by atoms with van der Waals surface area (Å²) in [5.74, 6) is 0. The quantitative estimate of drug-likeness (QED) is 0.192. The lowest BCUT2D eigenvalue weighted by Crippen LogP contribution is -1.97. The van der Waals surface area contributed by atoms with Gasteiger partial charge >= 0.3 is 0 Å². The molecule has 0 fully saturated rings. The minimum Gasteiger partial charge on any atom is -0.306 e. The van der Waals surface area contributed by atoms with Crippen molar-refractivity contribution in [1.29, 1.82) is 0 Å². The number of pyridine rings is 2. The second-order valence-electron chi connectivity index (χ2n) is 10.6. The van der Waals surface area contributed by atoms with Gasteiger partial charge in [-0.3, -0.25) is 9.97 Å². The van der Waals surface area contributed by atoms with Crippen LogP contribution in [0.15, 0.2) is 122 Å². The van der Waals surface area contributed by atoms with E-state index >= 15 is 0 Å². The number of para-hydroxylation sites is 4. The summed E-state index contributed by atoms with van der Waals surface area (Å²) < 4.78 is 4.97. The Morgan fingerprint density at radius 1 is 0.350 bits per heavy atom. The number of aromatic nitrogens is 4. The summed E-state index contributed by atoms with van der Waals surface area (Å²) in [5.41, 5.74) is 9.02. The first-order valence-corrected chi connectivity index (χ1v) is 13.6. The average molecular weight is 509 g/mol. The summed E-state index contributed by atoms with van der Waals surface area (Å²) in [5, 5.41) is 9.60. The molecular weight excluding hydrogens is 488 g/mol. The minimum atomic E-state index is 0.925. The van der Waals surface area contributed by atoms with Crippen LogP contribution in [0.25, 0.3) is 87.2 Å². The second kappa shape index (κ2) is 7.13. The van der Waals surface area contributed by atoms with Gasteiger partial charge in [-0.05, 0) is 36.4 Å². The van der Waals surface area contributed by atoms with Crippen LogP contribution in [0.2, 0.25) is 0 Å². The zero-order valence-electron chi connectivity index (χ0n) is 21.3. The van der Waals surface area contributed by atoms with Crippen LogP contribution in [-0.4, -0.2) is 18.8 Å². The van der Waals surface area contributed by atoms with Gasteiger partial charge in [0.15, 0.2) is 0 Å². The van der Waals surface area contributed by atoms with Crippen LogP contribution in [0.4, 0.5) is 0 Å². The standard InChI is InChI=1S/C36H20N4/c1-3-16-28-21(9-1)23-11-5-13-26-31-25-14-7-19-37-32(25)33-27(15-8-20-38-33)36(31)40-29-17-4-2-10-22(29)24-12-6-18-30(35(24)40)39(28)34(23)26/h1-20H. The molecule has 4 heteroatoms.